The molecule has 1 aliphatic carbocycles. The fourth-order valence-corrected chi connectivity index (χ4v) is 2.86. The number of hydrogen-bond acceptors (Lipinski definition) is 4. The molecule has 2 N–H and O–H groups in total. The Bertz CT molecular complexity index is 853. The van der Waals surface area contributed by atoms with E-state index in [0.29, 0.717) is 11.9 Å². The molecule has 142 valence electrons. The van der Waals surface area contributed by atoms with Gasteiger partial charge in [-0.05, 0) is 56.4 Å². The number of nitrogens with zero attached hydrogens (tertiary/aromatic N) is 2. The Morgan fingerprint density at radius 3 is 2.48 bits per heavy atom. The zero-order valence-corrected chi connectivity index (χ0v) is 14.6. The van der Waals surface area contributed by atoms with Crippen LogP contribution in [0.2, 0.25) is 0 Å². The highest BCUT2D eigenvalue weighted by Crippen LogP contribution is 2.20. The second kappa shape index (κ2) is 8.66. The van der Waals surface area contributed by atoms with E-state index in [9.17, 15) is 18.0 Å². The number of hydrogen-bond donors (Lipinski definition) is 2. The van der Waals surface area contributed by atoms with Gasteiger partial charge in [-0.3, -0.25) is 4.79 Å². The van der Waals surface area contributed by atoms with Gasteiger partial charge in [-0.2, -0.15) is 0 Å². The zero-order valence-electron chi connectivity index (χ0n) is 14.6. The first-order valence-corrected chi connectivity index (χ1v) is 8.75. The van der Waals surface area contributed by atoms with Crippen molar-refractivity contribution in [2.45, 2.75) is 32.1 Å². The van der Waals surface area contributed by atoms with Crippen LogP contribution >= 0.6 is 0 Å². The minimum atomic E-state index is -1.69. The largest absolute Gasteiger partial charge is 0.368 e. The average molecular weight is 376 g/mol. The lowest BCUT2D eigenvalue weighted by Gasteiger charge is -2.13. The molecule has 27 heavy (non-hydrogen) atoms. The number of carbonyl (C=O) groups is 1. The van der Waals surface area contributed by atoms with Crippen molar-refractivity contribution in [2.75, 3.05) is 17.2 Å². The standard InChI is InChI=1S/C19H19F3N4O/c20-14-7-6-13(17(21)18(14)22)19(27)24-16-9-8-15(25-26-16)23-11-10-12-4-2-1-3-5-12/h4,6-9H,1-3,5,10-11H2,(H,23,25)(H,24,26,27). The van der Waals surface area contributed by atoms with Gasteiger partial charge in [0, 0.05) is 6.54 Å². The first-order chi connectivity index (χ1) is 13.0. The smallest absolute Gasteiger partial charge is 0.259 e. The average Bonchev–Trinajstić information content (AvgIpc) is 2.68. The van der Waals surface area contributed by atoms with Gasteiger partial charge in [0.2, 0.25) is 0 Å². The predicted octanol–water partition coefficient (Wildman–Crippen LogP) is 4.45. The molecule has 0 saturated carbocycles. The Morgan fingerprint density at radius 2 is 1.78 bits per heavy atom. The van der Waals surface area contributed by atoms with E-state index in [0.717, 1.165) is 31.9 Å². The van der Waals surface area contributed by atoms with Crippen LogP contribution in [0.15, 0.2) is 35.9 Å². The lowest BCUT2D eigenvalue weighted by Crippen LogP contribution is -2.16. The summed E-state index contributed by atoms with van der Waals surface area (Å²) in [6.07, 6.45) is 7.99. The monoisotopic (exact) mass is 376 g/mol. The Hall–Kier alpha value is -2.90. The summed E-state index contributed by atoms with van der Waals surface area (Å²) in [6.45, 7) is 0.728. The molecule has 1 aromatic carbocycles. The molecule has 1 heterocycles. The first-order valence-electron chi connectivity index (χ1n) is 8.75. The number of nitrogens with one attached hydrogen (secondary N) is 2. The highest BCUT2D eigenvalue weighted by Gasteiger charge is 2.19. The molecule has 1 aromatic heterocycles. The molecule has 0 radical (unpaired) electrons. The van der Waals surface area contributed by atoms with E-state index in [2.05, 4.69) is 26.9 Å². The molecule has 1 amide bonds. The van der Waals surface area contributed by atoms with E-state index in [1.165, 1.54) is 24.5 Å². The number of carbonyl (C=O) groups excluding carboxylic acids is 1. The first kappa shape index (κ1) is 18.9. The maximum atomic E-state index is 13.6. The van der Waals surface area contributed by atoms with Gasteiger partial charge < -0.3 is 10.6 Å². The SMILES string of the molecule is O=C(Nc1ccc(NCCC2=CCCCC2)nn1)c1ccc(F)c(F)c1F. The third kappa shape index (κ3) is 4.84. The zero-order chi connectivity index (χ0) is 19.2. The molecule has 0 fully saturated rings. The summed E-state index contributed by atoms with van der Waals surface area (Å²) in [5.74, 6) is -4.92. The lowest BCUT2D eigenvalue weighted by atomic mass is 9.97. The molecular formula is C19H19F3N4O. The summed E-state index contributed by atoms with van der Waals surface area (Å²) in [5, 5.41) is 13.2. The van der Waals surface area contributed by atoms with Crippen LogP contribution in [0, 0.1) is 17.5 Å². The van der Waals surface area contributed by atoms with Crippen LogP contribution in [0.5, 0.6) is 0 Å². The van der Waals surface area contributed by atoms with Gasteiger partial charge in [0.15, 0.2) is 23.3 Å². The van der Waals surface area contributed by atoms with Crippen LogP contribution < -0.4 is 10.6 Å². The highest BCUT2D eigenvalue weighted by molar-refractivity contribution is 6.03. The summed E-state index contributed by atoms with van der Waals surface area (Å²) in [7, 11) is 0. The molecule has 5 nitrogen and oxygen atoms in total. The fourth-order valence-electron chi connectivity index (χ4n) is 2.86. The Kier molecular flexibility index (Phi) is 6.05. The maximum Gasteiger partial charge on any atom is 0.259 e. The van der Waals surface area contributed by atoms with Crippen molar-refractivity contribution in [2.24, 2.45) is 0 Å². The normalized spacial score (nSPS) is 13.8. The van der Waals surface area contributed by atoms with Gasteiger partial charge in [-0.15, -0.1) is 10.2 Å². The van der Waals surface area contributed by atoms with Gasteiger partial charge in [0.25, 0.3) is 5.91 Å². The van der Waals surface area contributed by atoms with Crippen molar-refractivity contribution < 1.29 is 18.0 Å². The number of amides is 1. The van der Waals surface area contributed by atoms with Gasteiger partial charge in [0.1, 0.15) is 5.82 Å². The van der Waals surface area contributed by atoms with Crippen LogP contribution in [0.4, 0.5) is 24.8 Å². The van der Waals surface area contributed by atoms with Crippen LogP contribution in [0.1, 0.15) is 42.5 Å². The van der Waals surface area contributed by atoms with Crippen molar-refractivity contribution in [1.29, 1.82) is 0 Å². The third-order valence-electron chi connectivity index (χ3n) is 4.32. The van der Waals surface area contributed by atoms with E-state index < -0.39 is 28.9 Å². The number of rotatable bonds is 6. The van der Waals surface area contributed by atoms with Crippen molar-refractivity contribution in [3.63, 3.8) is 0 Å². The van der Waals surface area contributed by atoms with Crippen molar-refractivity contribution in [3.8, 4) is 0 Å². The number of benzene rings is 1. The summed E-state index contributed by atoms with van der Waals surface area (Å²) in [5.41, 5.74) is 0.831. The molecular weight excluding hydrogens is 357 g/mol. The van der Waals surface area contributed by atoms with Crippen molar-refractivity contribution in [3.05, 3.63) is 58.9 Å². The summed E-state index contributed by atoms with van der Waals surface area (Å²) < 4.78 is 39.8. The molecule has 0 spiro atoms. The Balaban J connectivity index is 1.55. The summed E-state index contributed by atoms with van der Waals surface area (Å²) >= 11 is 0. The quantitative estimate of drug-likeness (QED) is 0.577. The molecule has 0 saturated heterocycles. The van der Waals surface area contributed by atoms with E-state index in [-0.39, 0.29) is 5.82 Å². The van der Waals surface area contributed by atoms with Crippen molar-refractivity contribution in [1.82, 2.24) is 10.2 Å². The van der Waals surface area contributed by atoms with Crippen LogP contribution in [0.25, 0.3) is 0 Å². The van der Waals surface area contributed by atoms with Crippen LogP contribution in [-0.2, 0) is 0 Å². The van der Waals surface area contributed by atoms with E-state index >= 15 is 0 Å². The maximum absolute atomic E-state index is 13.6. The topological polar surface area (TPSA) is 66.9 Å². The van der Waals surface area contributed by atoms with Gasteiger partial charge in [-0.25, -0.2) is 13.2 Å². The van der Waals surface area contributed by atoms with Gasteiger partial charge in [0.05, 0.1) is 5.56 Å². The number of anilines is 2. The Labute approximate surface area is 154 Å². The molecule has 1 aliphatic rings. The van der Waals surface area contributed by atoms with Crippen molar-refractivity contribution >= 4 is 17.5 Å². The molecule has 0 bridgehead atoms. The van der Waals surface area contributed by atoms with Gasteiger partial charge >= 0.3 is 0 Å². The van der Waals surface area contributed by atoms with E-state index in [1.54, 1.807) is 6.07 Å². The molecule has 0 unspecified atom stereocenters. The second-order valence-electron chi connectivity index (χ2n) is 6.27. The second-order valence-corrected chi connectivity index (χ2v) is 6.27. The molecule has 0 aliphatic heterocycles. The molecule has 2 aromatic rings. The summed E-state index contributed by atoms with van der Waals surface area (Å²) in [4.78, 5) is 12.0. The van der Waals surface area contributed by atoms with E-state index in [1.807, 2.05) is 0 Å². The lowest BCUT2D eigenvalue weighted by molar-refractivity contribution is 0.102. The minimum absolute atomic E-state index is 0.0738. The van der Waals surface area contributed by atoms with Crippen LogP contribution in [0.3, 0.4) is 0 Å². The number of allylic oxidation sites excluding steroid dienone is 1. The number of aromatic nitrogens is 2. The van der Waals surface area contributed by atoms with Crippen LogP contribution in [-0.4, -0.2) is 22.6 Å². The third-order valence-corrected chi connectivity index (χ3v) is 4.32. The molecule has 8 heteroatoms. The molecule has 0 atom stereocenters. The fraction of sp³-hybridized carbons (Fsp3) is 0.316. The minimum Gasteiger partial charge on any atom is -0.368 e. The Morgan fingerprint density at radius 1 is 1.00 bits per heavy atom. The number of halogens is 3. The summed E-state index contributed by atoms with van der Waals surface area (Å²) in [6, 6.07) is 4.67. The molecule has 3 rings (SSSR count). The highest BCUT2D eigenvalue weighted by atomic mass is 19.2. The van der Waals surface area contributed by atoms with Gasteiger partial charge in [-0.1, -0.05) is 11.6 Å². The van der Waals surface area contributed by atoms with E-state index in [4.69, 9.17) is 0 Å². The predicted molar refractivity (Wildman–Crippen MR) is 96.0 cm³/mol.